The third kappa shape index (κ3) is 13.6. The summed E-state index contributed by atoms with van der Waals surface area (Å²) < 4.78 is 13.7. The molecule has 0 spiro atoms. The van der Waals surface area contributed by atoms with Gasteiger partial charge in [-0.2, -0.15) is 0 Å². The van der Waals surface area contributed by atoms with Crippen LogP contribution < -0.4 is 10.6 Å². The number of ether oxygens (including phenoxy) is 2. The van der Waals surface area contributed by atoms with Crippen molar-refractivity contribution in [3.05, 3.63) is 95.1 Å². The van der Waals surface area contributed by atoms with Gasteiger partial charge in [0.25, 0.3) is 0 Å². The second-order valence-corrected chi connectivity index (χ2v) is 14.7. The van der Waals surface area contributed by atoms with E-state index in [1.54, 1.807) is 0 Å². The summed E-state index contributed by atoms with van der Waals surface area (Å²) in [5, 5.41) is 15.4. The molecule has 4 rings (SSSR count). The van der Waals surface area contributed by atoms with Crippen molar-refractivity contribution in [3.63, 3.8) is 0 Å². The van der Waals surface area contributed by atoms with E-state index in [9.17, 15) is 9.90 Å². The van der Waals surface area contributed by atoms with Crippen LogP contribution in [0.25, 0.3) is 11.1 Å². The number of aliphatic hydroxyl groups is 1. The van der Waals surface area contributed by atoms with Gasteiger partial charge in [0, 0.05) is 31.1 Å². The van der Waals surface area contributed by atoms with Crippen LogP contribution >= 0.6 is 0 Å². The summed E-state index contributed by atoms with van der Waals surface area (Å²) >= 11 is 0. The second-order valence-electron chi connectivity index (χ2n) is 14.7. The average molecular weight is 714 g/mol. The maximum atomic E-state index is 11.9. The summed E-state index contributed by atoms with van der Waals surface area (Å²) in [6.07, 6.45) is 15.0. The first-order valence-electron chi connectivity index (χ1n) is 20.4. The lowest BCUT2D eigenvalue weighted by Crippen LogP contribution is -2.45. The highest BCUT2D eigenvalue weighted by atomic mass is 16.7. The van der Waals surface area contributed by atoms with Gasteiger partial charge >= 0.3 is 6.03 Å². The Hall–Kier alpha value is -3.23. The number of carbonyl (C=O) groups is 1. The monoisotopic (exact) mass is 714 g/mol. The normalized spacial score (nSPS) is 18.8. The van der Waals surface area contributed by atoms with Crippen LogP contribution in [0, 0.1) is 5.92 Å². The summed E-state index contributed by atoms with van der Waals surface area (Å²) in [5.74, 6) is 0.155. The van der Waals surface area contributed by atoms with E-state index in [1.807, 2.05) is 31.2 Å². The molecule has 7 heteroatoms. The van der Waals surface area contributed by atoms with E-state index < -0.39 is 6.29 Å². The van der Waals surface area contributed by atoms with E-state index in [4.69, 9.17) is 9.47 Å². The predicted octanol–water partition coefficient (Wildman–Crippen LogP) is 10.5. The Labute approximate surface area is 314 Å². The van der Waals surface area contributed by atoms with Gasteiger partial charge in [-0.25, -0.2) is 4.79 Å². The molecule has 7 nitrogen and oxygen atoms in total. The topological polar surface area (TPSA) is 83.1 Å². The first-order valence-corrected chi connectivity index (χ1v) is 20.4. The lowest BCUT2D eigenvalue weighted by Gasteiger charge is -2.43. The van der Waals surface area contributed by atoms with Crippen LogP contribution in [0.5, 0.6) is 0 Å². The van der Waals surface area contributed by atoms with Crippen molar-refractivity contribution in [2.75, 3.05) is 26.2 Å². The number of nitrogens with one attached hydrogen (secondary N) is 2. The van der Waals surface area contributed by atoms with Gasteiger partial charge in [-0.3, -0.25) is 0 Å². The minimum absolute atomic E-state index is 0.00946. The van der Waals surface area contributed by atoms with Crippen molar-refractivity contribution in [1.29, 1.82) is 0 Å². The van der Waals surface area contributed by atoms with Crippen molar-refractivity contribution >= 4 is 6.03 Å². The van der Waals surface area contributed by atoms with Crippen molar-refractivity contribution in [2.45, 2.75) is 136 Å². The number of rotatable bonds is 23. The van der Waals surface area contributed by atoms with Crippen molar-refractivity contribution < 1.29 is 19.4 Å². The lowest BCUT2D eigenvalue weighted by atomic mass is 9.89. The Kier molecular flexibility index (Phi) is 18.7. The number of aliphatic hydroxyl groups excluding tert-OH is 1. The third-order valence-corrected chi connectivity index (χ3v) is 10.5. The molecule has 4 atom stereocenters. The van der Waals surface area contributed by atoms with Crippen LogP contribution in [-0.4, -0.2) is 48.3 Å². The smallest absolute Gasteiger partial charge is 0.315 e. The molecule has 1 heterocycles. The second kappa shape index (κ2) is 23.4. The molecule has 1 aliphatic heterocycles. The molecule has 0 aromatic heterocycles. The van der Waals surface area contributed by atoms with E-state index in [2.05, 4.69) is 84.8 Å². The summed E-state index contributed by atoms with van der Waals surface area (Å²) in [6.45, 7) is 13.0. The van der Waals surface area contributed by atoms with Crippen molar-refractivity contribution in [2.24, 2.45) is 5.92 Å². The third-order valence-electron chi connectivity index (χ3n) is 10.5. The van der Waals surface area contributed by atoms with E-state index in [1.165, 1.54) is 77.0 Å². The van der Waals surface area contributed by atoms with E-state index in [0.29, 0.717) is 13.1 Å². The molecule has 3 N–H and O–H groups in total. The van der Waals surface area contributed by atoms with E-state index in [-0.39, 0.29) is 30.8 Å². The molecule has 1 fully saturated rings. The molecule has 0 aliphatic carbocycles. The first-order chi connectivity index (χ1) is 25.4. The fourth-order valence-electron chi connectivity index (χ4n) is 7.21. The Morgan fingerprint density at radius 1 is 0.692 bits per heavy atom. The zero-order valence-corrected chi connectivity index (χ0v) is 32.6. The zero-order chi connectivity index (χ0) is 37.0. The summed E-state index contributed by atoms with van der Waals surface area (Å²) in [6, 6.07) is 24.9. The van der Waals surface area contributed by atoms with Crippen LogP contribution in [0.1, 0.15) is 139 Å². The molecule has 0 radical (unpaired) electrons. The number of unbranched alkanes of at least 4 members (excludes halogenated alkanes) is 10. The van der Waals surface area contributed by atoms with Gasteiger partial charge in [0.2, 0.25) is 0 Å². The molecule has 52 heavy (non-hydrogen) atoms. The molecule has 286 valence electrons. The highest BCUT2D eigenvalue weighted by Gasteiger charge is 2.39. The zero-order valence-electron chi connectivity index (χ0n) is 32.6. The molecular weight excluding hydrogens is 647 g/mol. The summed E-state index contributed by atoms with van der Waals surface area (Å²) in [7, 11) is 0. The van der Waals surface area contributed by atoms with Crippen molar-refractivity contribution in [1.82, 2.24) is 15.5 Å². The van der Waals surface area contributed by atoms with Gasteiger partial charge in [-0.15, -0.1) is 0 Å². The molecule has 3 aromatic carbocycles. The highest BCUT2D eigenvalue weighted by Crippen LogP contribution is 2.42. The molecule has 0 unspecified atom stereocenters. The maximum absolute atomic E-state index is 11.9. The first kappa shape index (κ1) is 41.5. The SMILES string of the molecule is CCCCCCCCN(CCCCCCCC)C[C@H]1O[C@@H](c2ccc(-c3cccc(CNC(=O)NCC)c3)cc2)O[C@@H](c2ccc(CO)cc2)[C@H]1C. The maximum Gasteiger partial charge on any atom is 0.315 e. The lowest BCUT2D eigenvalue weighted by molar-refractivity contribution is -0.276. The Morgan fingerprint density at radius 2 is 1.31 bits per heavy atom. The fraction of sp³-hybridized carbons (Fsp3) is 0.578. The molecule has 0 saturated carbocycles. The quantitative estimate of drug-likeness (QED) is 0.0852. The summed E-state index contributed by atoms with van der Waals surface area (Å²) in [5.41, 5.74) is 6.27. The molecule has 2 amide bonds. The molecule has 1 saturated heterocycles. The van der Waals surface area contributed by atoms with Gasteiger partial charge < -0.3 is 30.1 Å². The largest absolute Gasteiger partial charge is 0.392 e. The number of carbonyl (C=O) groups excluding carboxylic acids is 1. The Bertz CT molecular complexity index is 1400. The average Bonchev–Trinajstić information content (AvgIpc) is 3.17. The molecule has 1 aliphatic rings. The Morgan fingerprint density at radius 3 is 1.92 bits per heavy atom. The fourth-order valence-corrected chi connectivity index (χ4v) is 7.21. The van der Waals surface area contributed by atoms with Gasteiger partial charge in [-0.1, -0.05) is 152 Å². The van der Waals surface area contributed by atoms with Crippen LogP contribution in [0.4, 0.5) is 4.79 Å². The van der Waals surface area contributed by atoms with Gasteiger partial charge in [0.05, 0.1) is 18.8 Å². The number of hydrogen-bond donors (Lipinski definition) is 3. The van der Waals surface area contributed by atoms with Gasteiger partial charge in [0.15, 0.2) is 6.29 Å². The minimum Gasteiger partial charge on any atom is -0.392 e. The van der Waals surface area contributed by atoms with E-state index in [0.717, 1.165) is 53.0 Å². The van der Waals surface area contributed by atoms with E-state index >= 15 is 0 Å². The van der Waals surface area contributed by atoms with Crippen molar-refractivity contribution in [3.8, 4) is 11.1 Å². The number of benzene rings is 3. The van der Waals surface area contributed by atoms with Crippen LogP contribution in [-0.2, 0) is 22.6 Å². The number of hydrogen-bond acceptors (Lipinski definition) is 5. The number of urea groups is 1. The number of nitrogens with zero attached hydrogens (tertiary/aromatic N) is 1. The number of amides is 2. The molecule has 3 aromatic rings. The molecular formula is C45H67N3O4. The predicted molar refractivity (Wildman–Crippen MR) is 214 cm³/mol. The Balaban J connectivity index is 1.50. The highest BCUT2D eigenvalue weighted by molar-refractivity contribution is 5.73. The van der Waals surface area contributed by atoms with Gasteiger partial charge in [-0.05, 0) is 66.7 Å². The van der Waals surface area contributed by atoms with Crippen LogP contribution in [0.2, 0.25) is 0 Å². The van der Waals surface area contributed by atoms with Crippen LogP contribution in [0.3, 0.4) is 0 Å². The minimum atomic E-state index is -0.490. The standard InChI is InChI=1S/C45H67N3O4/c1-5-8-10-12-14-16-29-48(30-17-15-13-11-9-6-2)33-42-35(4)43(39-23-21-36(34-49)22-24-39)52-44(51-42)40-27-25-38(26-28-40)41-20-18-19-37(31-41)32-47-45(50)46-7-3/h18-28,31,35,42-44,49H,5-17,29-30,32-34H2,1-4H3,(H2,46,47,50)/t35-,42+,43+,44+/m0/s1. The van der Waals surface area contributed by atoms with Gasteiger partial charge in [0.1, 0.15) is 0 Å². The summed E-state index contributed by atoms with van der Waals surface area (Å²) in [4.78, 5) is 14.6. The van der Waals surface area contributed by atoms with Crippen LogP contribution in [0.15, 0.2) is 72.8 Å². The molecule has 0 bridgehead atoms.